The molecule has 0 bridgehead atoms. The van der Waals surface area contributed by atoms with E-state index in [1.54, 1.807) is 30.5 Å². The van der Waals surface area contributed by atoms with Crippen LogP contribution in [0.25, 0.3) is 21.9 Å². The summed E-state index contributed by atoms with van der Waals surface area (Å²) in [6.07, 6.45) is 2.56. The number of hydrogen-bond donors (Lipinski definition) is 1. The fraction of sp³-hybridized carbons (Fsp3) is 0.208. The zero-order valence-electron chi connectivity index (χ0n) is 17.1. The van der Waals surface area contributed by atoms with Crippen LogP contribution in [0.1, 0.15) is 35.0 Å². The van der Waals surface area contributed by atoms with Gasteiger partial charge in [0.1, 0.15) is 16.8 Å². The van der Waals surface area contributed by atoms with E-state index in [0.717, 1.165) is 22.9 Å². The molecule has 0 fully saturated rings. The van der Waals surface area contributed by atoms with E-state index >= 15 is 0 Å². The fourth-order valence-corrected chi connectivity index (χ4v) is 3.49. The summed E-state index contributed by atoms with van der Waals surface area (Å²) in [6, 6.07) is 12.1. The minimum Gasteiger partial charge on any atom is -0.491 e. The van der Waals surface area contributed by atoms with Crippen LogP contribution in [0.2, 0.25) is 0 Å². The molecule has 0 atom stereocenters. The molecule has 0 spiro atoms. The SMILES string of the molecule is CCCOc1ccc(NC(=O)c2cc(=O)c3cc(C)cc(C)c3o2)c2cccnc12. The van der Waals surface area contributed by atoms with E-state index in [1.807, 2.05) is 32.9 Å². The number of aromatic nitrogens is 1. The topological polar surface area (TPSA) is 81.4 Å². The van der Waals surface area contributed by atoms with Crippen LogP contribution in [0, 0.1) is 13.8 Å². The average molecular weight is 402 g/mol. The molecule has 0 aliphatic carbocycles. The van der Waals surface area contributed by atoms with Crippen molar-refractivity contribution >= 4 is 33.5 Å². The molecule has 1 N–H and O–H groups in total. The second-order valence-electron chi connectivity index (χ2n) is 7.25. The number of nitrogens with zero attached hydrogens (tertiary/aromatic N) is 1. The number of ether oxygens (including phenoxy) is 1. The first-order valence-corrected chi connectivity index (χ1v) is 9.85. The molecule has 152 valence electrons. The van der Waals surface area contributed by atoms with Crippen molar-refractivity contribution in [2.24, 2.45) is 0 Å². The maximum absolute atomic E-state index is 12.9. The van der Waals surface area contributed by atoms with Crippen LogP contribution in [0.4, 0.5) is 5.69 Å². The normalized spacial score (nSPS) is 11.0. The number of amides is 1. The molecular weight excluding hydrogens is 380 g/mol. The van der Waals surface area contributed by atoms with Gasteiger partial charge in [-0.3, -0.25) is 14.6 Å². The van der Waals surface area contributed by atoms with Crippen molar-refractivity contribution in [2.45, 2.75) is 27.2 Å². The molecule has 0 aliphatic heterocycles. The van der Waals surface area contributed by atoms with Crippen molar-refractivity contribution in [1.29, 1.82) is 0 Å². The van der Waals surface area contributed by atoms with Gasteiger partial charge >= 0.3 is 0 Å². The lowest BCUT2D eigenvalue weighted by atomic mass is 10.1. The number of nitrogens with one attached hydrogen (secondary N) is 1. The van der Waals surface area contributed by atoms with E-state index in [0.29, 0.717) is 34.5 Å². The molecule has 30 heavy (non-hydrogen) atoms. The monoisotopic (exact) mass is 402 g/mol. The summed E-state index contributed by atoms with van der Waals surface area (Å²) in [7, 11) is 0. The molecule has 1 amide bonds. The standard InChI is InChI=1S/C24H22N2O4/c1-4-10-29-20-8-7-18(16-6-5-9-25-22(16)20)26-24(28)21-13-19(27)17-12-14(2)11-15(3)23(17)30-21/h5-9,11-13H,4,10H2,1-3H3,(H,26,28). The summed E-state index contributed by atoms with van der Waals surface area (Å²) >= 11 is 0. The number of aryl methyl sites for hydroxylation is 2. The molecule has 4 rings (SSSR count). The third-order valence-electron chi connectivity index (χ3n) is 4.82. The van der Waals surface area contributed by atoms with Gasteiger partial charge in [0.25, 0.3) is 5.91 Å². The highest BCUT2D eigenvalue weighted by molar-refractivity contribution is 6.08. The van der Waals surface area contributed by atoms with E-state index < -0.39 is 5.91 Å². The Labute approximate surface area is 173 Å². The first-order chi connectivity index (χ1) is 14.5. The number of rotatable bonds is 5. The van der Waals surface area contributed by atoms with Crippen LogP contribution in [0.5, 0.6) is 5.75 Å². The van der Waals surface area contributed by atoms with Gasteiger partial charge in [-0.25, -0.2) is 0 Å². The Hall–Kier alpha value is -3.67. The van der Waals surface area contributed by atoms with Crippen molar-refractivity contribution in [3.63, 3.8) is 0 Å². The van der Waals surface area contributed by atoms with Crippen molar-refractivity contribution in [3.8, 4) is 5.75 Å². The van der Waals surface area contributed by atoms with E-state index in [-0.39, 0.29) is 11.2 Å². The molecule has 0 aliphatic rings. The van der Waals surface area contributed by atoms with E-state index in [4.69, 9.17) is 9.15 Å². The summed E-state index contributed by atoms with van der Waals surface area (Å²) in [5.74, 6) is 0.123. The van der Waals surface area contributed by atoms with Gasteiger partial charge in [-0.2, -0.15) is 0 Å². The van der Waals surface area contributed by atoms with Gasteiger partial charge in [-0.1, -0.05) is 13.0 Å². The van der Waals surface area contributed by atoms with Gasteiger partial charge in [-0.15, -0.1) is 0 Å². The number of benzene rings is 2. The molecular formula is C24H22N2O4. The predicted octanol–water partition coefficient (Wildman–Crippen LogP) is 5.00. The zero-order chi connectivity index (χ0) is 21.3. The predicted molar refractivity (Wildman–Crippen MR) is 117 cm³/mol. The maximum atomic E-state index is 12.9. The summed E-state index contributed by atoms with van der Waals surface area (Å²) < 4.78 is 11.6. The first-order valence-electron chi connectivity index (χ1n) is 9.85. The van der Waals surface area contributed by atoms with Crippen molar-refractivity contribution < 1.29 is 13.9 Å². The van der Waals surface area contributed by atoms with Crippen molar-refractivity contribution in [2.75, 3.05) is 11.9 Å². The number of hydrogen-bond acceptors (Lipinski definition) is 5. The highest BCUT2D eigenvalue weighted by Gasteiger charge is 2.16. The molecule has 2 aromatic heterocycles. The number of carbonyl (C=O) groups excluding carboxylic acids is 1. The lowest BCUT2D eigenvalue weighted by Gasteiger charge is -2.12. The van der Waals surface area contributed by atoms with Crippen LogP contribution in [0.3, 0.4) is 0 Å². The van der Waals surface area contributed by atoms with Crippen LogP contribution < -0.4 is 15.5 Å². The number of pyridine rings is 1. The molecule has 6 nitrogen and oxygen atoms in total. The Bertz CT molecular complexity index is 1320. The number of anilines is 1. The van der Waals surface area contributed by atoms with E-state index in [2.05, 4.69) is 10.3 Å². The van der Waals surface area contributed by atoms with E-state index in [9.17, 15) is 9.59 Å². The summed E-state index contributed by atoms with van der Waals surface area (Å²) in [5.41, 5.74) is 3.18. The van der Waals surface area contributed by atoms with E-state index in [1.165, 1.54) is 6.07 Å². The van der Waals surface area contributed by atoms with Gasteiger partial charge in [0, 0.05) is 17.6 Å². The first kappa shape index (κ1) is 19.6. The third kappa shape index (κ3) is 3.64. The van der Waals surface area contributed by atoms with Gasteiger partial charge in [0.15, 0.2) is 11.2 Å². The van der Waals surface area contributed by atoms with Crippen LogP contribution in [-0.4, -0.2) is 17.5 Å². The lowest BCUT2D eigenvalue weighted by molar-refractivity contribution is 0.0997. The fourth-order valence-electron chi connectivity index (χ4n) is 3.49. The van der Waals surface area contributed by atoms with Gasteiger partial charge < -0.3 is 14.5 Å². The zero-order valence-corrected chi connectivity index (χ0v) is 17.1. The molecule has 0 saturated carbocycles. The molecule has 2 aromatic carbocycles. The highest BCUT2D eigenvalue weighted by atomic mass is 16.5. The molecule has 0 radical (unpaired) electrons. The molecule has 4 aromatic rings. The molecule has 0 unspecified atom stereocenters. The summed E-state index contributed by atoms with van der Waals surface area (Å²) in [6.45, 7) is 6.39. The minimum atomic E-state index is -0.499. The van der Waals surface area contributed by atoms with Crippen molar-refractivity contribution in [1.82, 2.24) is 4.98 Å². The second-order valence-corrected chi connectivity index (χ2v) is 7.25. The van der Waals surface area contributed by atoms with Gasteiger partial charge in [0.2, 0.25) is 0 Å². The Balaban J connectivity index is 1.73. The second kappa shape index (κ2) is 7.99. The summed E-state index contributed by atoms with van der Waals surface area (Å²) in [5, 5.41) is 4.05. The smallest absolute Gasteiger partial charge is 0.291 e. The van der Waals surface area contributed by atoms with Gasteiger partial charge in [-0.05, 0) is 61.7 Å². The summed E-state index contributed by atoms with van der Waals surface area (Å²) in [4.78, 5) is 29.8. The van der Waals surface area contributed by atoms with Crippen molar-refractivity contribution in [3.05, 3.63) is 75.8 Å². The molecule has 0 saturated heterocycles. The molecule has 6 heteroatoms. The van der Waals surface area contributed by atoms with Crippen LogP contribution in [0.15, 0.2) is 57.9 Å². The third-order valence-corrected chi connectivity index (χ3v) is 4.82. The lowest BCUT2D eigenvalue weighted by Crippen LogP contribution is -2.15. The van der Waals surface area contributed by atoms with Gasteiger partial charge in [0.05, 0.1) is 17.7 Å². The Morgan fingerprint density at radius 3 is 2.77 bits per heavy atom. The van der Waals surface area contributed by atoms with Crippen LogP contribution >= 0.6 is 0 Å². The highest BCUT2D eigenvalue weighted by Crippen LogP contribution is 2.30. The molecule has 2 heterocycles. The Kier molecular flexibility index (Phi) is 5.23. The minimum absolute atomic E-state index is 0.0391. The Morgan fingerprint density at radius 2 is 1.97 bits per heavy atom. The largest absolute Gasteiger partial charge is 0.491 e. The number of carbonyl (C=O) groups is 1. The van der Waals surface area contributed by atoms with Crippen LogP contribution in [-0.2, 0) is 0 Å². The average Bonchev–Trinajstić information content (AvgIpc) is 2.73. The Morgan fingerprint density at radius 1 is 1.13 bits per heavy atom. The quantitative estimate of drug-likeness (QED) is 0.508. The number of fused-ring (bicyclic) bond motifs is 2. The maximum Gasteiger partial charge on any atom is 0.291 e.